The van der Waals surface area contributed by atoms with Crippen molar-refractivity contribution in [3.63, 3.8) is 0 Å². The molecule has 1 unspecified atom stereocenters. The molecule has 0 aromatic carbocycles. The average Bonchev–Trinajstić information content (AvgIpc) is 1.82. The Morgan fingerprint density at radius 3 is 2.20 bits per heavy atom. The number of rotatable bonds is 4. The highest BCUT2D eigenvalue weighted by molar-refractivity contribution is 4.85. The molecular weight excluding hydrogens is 120 g/mol. The molecule has 0 bridgehead atoms. The highest BCUT2D eigenvalue weighted by atomic mass is 14.0. The van der Waals surface area contributed by atoms with Crippen molar-refractivity contribution in [2.24, 2.45) is 11.8 Å². The van der Waals surface area contributed by atoms with Gasteiger partial charge in [0.05, 0.1) is 0 Å². The third kappa shape index (κ3) is 5.87. The zero-order valence-electron chi connectivity index (χ0n) is 7.72. The summed E-state index contributed by atoms with van der Waals surface area (Å²) in [6.45, 7) is 9.01. The highest BCUT2D eigenvalue weighted by Gasteiger charge is 1.99. The van der Waals surface area contributed by atoms with Crippen LogP contribution in [-0.4, -0.2) is 0 Å². The minimum Gasteiger partial charge on any atom is -0.0885 e. The largest absolute Gasteiger partial charge is 0.0885 e. The van der Waals surface area contributed by atoms with Gasteiger partial charge in [-0.15, -0.1) is 0 Å². The molecule has 10 heavy (non-hydrogen) atoms. The van der Waals surface area contributed by atoms with E-state index in [1.807, 2.05) is 0 Å². The first-order chi connectivity index (χ1) is 4.66. The van der Waals surface area contributed by atoms with Gasteiger partial charge in [0, 0.05) is 0 Å². The van der Waals surface area contributed by atoms with E-state index in [-0.39, 0.29) is 0 Å². The lowest BCUT2D eigenvalue weighted by atomic mass is 9.98. The molecule has 0 radical (unpaired) electrons. The fraction of sp³-hybridized carbons (Fsp3) is 0.800. The van der Waals surface area contributed by atoms with E-state index in [1.54, 1.807) is 0 Å². The lowest BCUT2D eigenvalue weighted by molar-refractivity contribution is 0.502. The maximum atomic E-state index is 2.32. The van der Waals surface area contributed by atoms with Crippen molar-refractivity contribution in [3.05, 3.63) is 12.2 Å². The minimum atomic E-state index is 0.764. The van der Waals surface area contributed by atoms with E-state index in [0.717, 1.165) is 11.8 Å². The quantitative estimate of drug-likeness (QED) is 0.523. The predicted octanol–water partition coefficient (Wildman–Crippen LogP) is 3.63. The Kier molecular flexibility index (Phi) is 5.38. The van der Waals surface area contributed by atoms with Gasteiger partial charge in [0.2, 0.25) is 0 Å². The predicted molar refractivity (Wildman–Crippen MR) is 48.1 cm³/mol. The number of allylic oxidation sites excluding steroid dienone is 2. The molecule has 0 aromatic heterocycles. The van der Waals surface area contributed by atoms with Gasteiger partial charge in [-0.3, -0.25) is 0 Å². The second kappa shape index (κ2) is 5.52. The summed E-state index contributed by atoms with van der Waals surface area (Å²) in [6, 6.07) is 0. The van der Waals surface area contributed by atoms with Crippen molar-refractivity contribution in [2.75, 3.05) is 0 Å². The molecule has 0 aromatic rings. The molecule has 0 N–H and O–H groups in total. The summed E-state index contributed by atoms with van der Waals surface area (Å²) in [5, 5.41) is 0. The van der Waals surface area contributed by atoms with Crippen LogP contribution in [0, 0.1) is 11.8 Å². The zero-order chi connectivity index (χ0) is 7.98. The van der Waals surface area contributed by atoms with Crippen LogP contribution in [0.1, 0.15) is 40.5 Å². The molecule has 0 saturated heterocycles. The van der Waals surface area contributed by atoms with E-state index in [4.69, 9.17) is 0 Å². The van der Waals surface area contributed by atoms with Gasteiger partial charge >= 0.3 is 0 Å². The third-order valence-corrected chi connectivity index (χ3v) is 1.54. The van der Waals surface area contributed by atoms with Gasteiger partial charge in [-0.05, 0) is 24.7 Å². The molecule has 60 valence electrons. The van der Waals surface area contributed by atoms with Crippen LogP contribution in [0.15, 0.2) is 12.2 Å². The Balaban J connectivity index is 3.42. The van der Waals surface area contributed by atoms with Crippen molar-refractivity contribution in [2.45, 2.75) is 40.5 Å². The van der Waals surface area contributed by atoms with E-state index >= 15 is 0 Å². The van der Waals surface area contributed by atoms with Crippen LogP contribution in [-0.2, 0) is 0 Å². The standard InChI is InChI=1S/C10H20/c1-5-6-7-10(4)8-9(2)3/h6-7,9-10H,5,8H2,1-4H3/b7-6+. The Labute approximate surface area is 65.3 Å². The molecule has 0 amide bonds. The Hall–Kier alpha value is -0.260. The molecule has 0 rings (SSSR count). The molecule has 0 aliphatic carbocycles. The van der Waals surface area contributed by atoms with Crippen molar-refractivity contribution in [1.29, 1.82) is 0 Å². The van der Waals surface area contributed by atoms with Crippen LogP contribution >= 0.6 is 0 Å². The summed E-state index contributed by atoms with van der Waals surface area (Å²) in [6.07, 6.45) is 7.06. The van der Waals surface area contributed by atoms with Crippen LogP contribution in [0.5, 0.6) is 0 Å². The van der Waals surface area contributed by atoms with Crippen LogP contribution in [0.2, 0.25) is 0 Å². The number of hydrogen-bond donors (Lipinski definition) is 0. The molecule has 1 atom stereocenters. The summed E-state index contributed by atoms with van der Waals surface area (Å²) in [4.78, 5) is 0. The lowest BCUT2D eigenvalue weighted by Crippen LogP contribution is -1.95. The van der Waals surface area contributed by atoms with Gasteiger partial charge in [0.1, 0.15) is 0 Å². The monoisotopic (exact) mass is 140 g/mol. The molecule has 0 spiro atoms. The summed E-state index contributed by atoms with van der Waals surface area (Å²) < 4.78 is 0. The molecule has 0 saturated carbocycles. The van der Waals surface area contributed by atoms with Crippen molar-refractivity contribution >= 4 is 0 Å². The van der Waals surface area contributed by atoms with Crippen molar-refractivity contribution in [3.8, 4) is 0 Å². The normalized spacial score (nSPS) is 14.9. The van der Waals surface area contributed by atoms with E-state index in [0.29, 0.717) is 0 Å². The van der Waals surface area contributed by atoms with Crippen molar-refractivity contribution < 1.29 is 0 Å². The molecule has 0 heteroatoms. The van der Waals surface area contributed by atoms with Crippen LogP contribution in [0.25, 0.3) is 0 Å². The molecule has 0 nitrogen and oxygen atoms in total. The maximum Gasteiger partial charge on any atom is -0.0260 e. The molecule has 0 heterocycles. The topological polar surface area (TPSA) is 0 Å². The van der Waals surface area contributed by atoms with Gasteiger partial charge in [-0.2, -0.15) is 0 Å². The van der Waals surface area contributed by atoms with E-state index in [2.05, 4.69) is 39.8 Å². The molecule has 0 aliphatic rings. The lowest BCUT2D eigenvalue weighted by Gasteiger charge is -2.08. The van der Waals surface area contributed by atoms with Gasteiger partial charge in [0.25, 0.3) is 0 Å². The summed E-state index contributed by atoms with van der Waals surface area (Å²) >= 11 is 0. The third-order valence-electron chi connectivity index (χ3n) is 1.54. The van der Waals surface area contributed by atoms with Crippen LogP contribution < -0.4 is 0 Å². The van der Waals surface area contributed by atoms with E-state index in [9.17, 15) is 0 Å². The summed E-state index contributed by atoms with van der Waals surface area (Å²) in [7, 11) is 0. The van der Waals surface area contributed by atoms with Gasteiger partial charge in [0.15, 0.2) is 0 Å². The number of hydrogen-bond acceptors (Lipinski definition) is 0. The molecular formula is C10H20. The fourth-order valence-electron chi connectivity index (χ4n) is 1.19. The van der Waals surface area contributed by atoms with Gasteiger partial charge in [-0.1, -0.05) is 39.8 Å². The van der Waals surface area contributed by atoms with Crippen LogP contribution in [0.3, 0.4) is 0 Å². The molecule has 0 fully saturated rings. The maximum absolute atomic E-state index is 2.32. The minimum absolute atomic E-state index is 0.764. The highest BCUT2D eigenvalue weighted by Crippen LogP contribution is 2.11. The summed E-state index contributed by atoms with van der Waals surface area (Å²) in [5.41, 5.74) is 0. The van der Waals surface area contributed by atoms with Crippen LogP contribution in [0.4, 0.5) is 0 Å². The SMILES string of the molecule is CC/C=C/C(C)CC(C)C. The molecule has 0 aliphatic heterocycles. The first-order valence-electron chi connectivity index (χ1n) is 4.33. The summed E-state index contributed by atoms with van der Waals surface area (Å²) in [5.74, 6) is 1.59. The van der Waals surface area contributed by atoms with Crippen molar-refractivity contribution in [1.82, 2.24) is 0 Å². The van der Waals surface area contributed by atoms with Gasteiger partial charge in [-0.25, -0.2) is 0 Å². The Bertz CT molecular complexity index is 90.2. The first kappa shape index (κ1) is 9.74. The fourth-order valence-corrected chi connectivity index (χ4v) is 1.19. The zero-order valence-corrected chi connectivity index (χ0v) is 7.72. The average molecular weight is 140 g/mol. The Morgan fingerprint density at radius 2 is 1.80 bits per heavy atom. The second-order valence-electron chi connectivity index (χ2n) is 3.44. The van der Waals surface area contributed by atoms with E-state index < -0.39 is 0 Å². The van der Waals surface area contributed by atoms with Gasteiger partial charge < -0.3 is 0 Å². The smallest absolute Gasteiger partial charge is 0.0260 e. The van der Waals surface area contributed by atoms with E-state index in [1.165, 1.54) is 12.8 Å². The first-order valence-corrected chi connectivity index (χ1v) is 4.33. The second-order valence-corrected chi connectivity index (χ2v) is 3.44. The Morgan fingerprint density at radius 1 is 1.20 bits per heavy atom.